The van der Waals surface area contributed by atoms with Crippen LogP contribution in [-0.4, -0.2) is 24.7 Å². The molecule has 0 fully saturated rings. The molecule has 3 rings (SSSR count). The average Bonchev–Trinajstić information content (AvgIpc) is 2.95. The van der Waals surface area contributed by atoms with E-state index in [1.54, 1.807) is 0 Å². The normalized spacial score (nSPS) is 11.4. The van der Waals surface area contributed by atoms with E-state index in [0.717, 1.165) is 11.1 Å². The molecular weight excluding hydrogens is 268 g/mol. The maximum Gasteiger partial charge on any atom is 0.278 e. The zero-order valence-electron chi connectivity index (χ0n) is 11.9. The molecule has 0 spiro atoms. The minimum Gasteiger partial charge on any atom is -0.392 e. The number of nitrogens with zero attached hydrogens (tertiary/aromatic N) is 3. The Morgan fingerprint density at radius 1 is 1.29 bits per heavy atom. The summed E-state index contributed by atoms with van der Waals surface area (Å²) in [5.41, 5.74) is 2.83. The third kappa shape index (κ3) is 2.23. The minimum absolute atomic E-state index is 0.00813. The smallest absolute Gasteiger partial charge is 0.278 e. The van der Waals surface area contributed by atoms with Gasteiger partial charge in [-0.3, -0.25) is 9.89 Å². The number of hydrogen-bond acceptors (Lipinski definition) is 4. The third-order valence-electron chi connectivity index (χ3n) is 3.45. The predicted octanol–water partition coefficient (Wildman–Crippen LogP) is 1.70. The van der Waals surface area contributed by atoms with E-state index in [9.17, 15) is 4.79 Å². The minimum atomic E-state index is -0.131. The first-order valence-corrected chi connectivity index (χ1v) is 6.78. The lowest BCUT2D eigenvalue weighted by molar-refractivity contribution is 0.282. The Bertz CT molecular complexity index is 831. The van der Waals surface area contributed by atoms with E-state index in [1.807, 2.05) is 38.1 Å². The van der Waals surface area contributed by atoms with Crippen LogP contribution in [0.4, 0.5) is 0 Å². The molecule has 0 saturated heterocycles. The van der Waals surface area contributed by atoms with Gasteiger partial charge in [0.2, 0.25) is 0 Å². The van der Waals surface area contributed by atoms with Crippen molar-refractivity contribution in [3.05, 3.63) is 52.1 Å². The molecule has 0 amide bonds. The van der Waals surface area contributed by atoms with E-state index < -0.39 is 0 Å². The Morgan fingerprint density at radius 3 is 2.62 bits per heavy atom. The molecule has 0 radical (unpaired) electrons. The van der Waals surface area contributed by atoms with Crippen LogP contribution in [0.3, 0.4) is 0 Å². The van der Waals surface area contributed by atoms with Gasteiger partial charge in [-0.15, -0.1) is 0 Å². The van der Waals surface area contributed by atoms with Crippen molar-refractivity contribution in [1.82, 2.24) is 19.6 Å². The van der Waals surface area contributed by atoms with Gasteiger partial charge in [0.05, 0.1) is 12.3 Å². The quantitative estimate of drug-likeness (QED) is 0.767. The van der Waals surface area contributed by atoms with E-state index >= 15 is 0 Å². The highest BCUT2D eigenvalue weighted by atomic mass is 16.3. The molecule has 3 aromatic rings. The molecule has 0 aliphatic carbocycles. The van der Waals surface area contributed by atoms with Gasteiger partial charge in [0.25, 0.3) is 11.3 Å². The largest absolute Gasteiger partial charge is 0.392 e. The van der Waals surface area contributed by atoms with E-state index in [1.165, 1.54) is 10.8 Å². The summed E-state index contributed by atoms with van der Waals surface area (Å²) in [7, 11) is 0. The molecule has 6 heteroatoms. The number of aromatic amines is 1. The summed E-state index contributed by atoms with van der Waals surface area (Å²) in [5, 5.41) is 11.9. The van der Waals surface area contributed by atoms with Crippen molar-refractivity contribution in [2.75, 3.05) is 0 Å². The molecule has 0 bridgehead atoms. The fourth-order valence-corrected chi connectivity index (χ4v) is 2.38. The summed E-state index contributed by atoms with van der Waals surface area (Å²) < 4.78 is 1.35. The SMILES string of the molecule is CC(C)c1c(-c2ccc(CO)cc2)nc2nc[nH]n2c1=O. The van der Waals surface area contributed by atoms with E-state index in [-0.39, 0.29) is 18.1 Å². The first-order valence-electron chi connectivity index (χ1n) is 6.78. The van der Waals surface area contributed by atoms with Crippen LogP contribution in [0.1, 0.15) is 30.9 Å². The van der Waals surface area contributed by atoms with Gasteiger partial charge < -0.3 is 5.11 Å². The van der Waals surface area contributed by atoms with Crippen molar-refractivity contribution in [1.29, 1.82) is 0 Å². The number of aliphatic hydroxyl groups excluding tert-OH is 1. The fourth-order valence-electron chi connectivity index (χ4n) is 2.38. The first-order chi connectivity index (χ1) is 10.1. The molecule has 0 aliphatic rings. The highest BCUT2D eigenvalue weighted by molar-refractivity contribution is 5.65. The second kappa shape index (κ2) is 5.14. The molecule has 0 saturated carbocycles. The number of fused-ring (bicyclic) bond motifs is 1. The number of rotatable bonds is 3. The van der Waals surface area contributed by atoms with Crippen LogP contribution < -0.4 is 5.56 Å². The van der Waals surface area contributed by atoms with Gasteiger partial charge in [-0.2, -0.15) is 4.52 Å². The van der Waals surface area contributed by atoms with Crippen LogP contribution in [0.25, 0.3) is 17.0 Å². The molecule has 2 aromatic heterocycles. The van der Waals surface area contributed by atoms with Gasteiger partial charge >= 0.3 is 0 Å². The van der Waals surface area contributed by atoms with Crippen molar-refractivity contribution < 1.29 is 5.11 Å². The Hall–Kier alpha value is -2.47. The maximum absolute atomic E-state index is 12.6. The van der Waals surface area contributed by atoms with Crippen molar-refractivity contribution in [2.45, 2.75) is 26.4 Å². The van der Waals surface area contributed by atoms with Gasteiger partial charge in [0, 0.05) is 11.1 Å². The van der Waals surface area contributed by atoms with Crippen molar-refractivity contribution >= 4 is 5.78 Å². The standard InChI is InChI=1S/C15H16N4O2/c1-9(2)12-13(11-5-3-10(7-20)4-6-11)18-15-16-8-17-19(15)14(12)21/h3-6,8-9,20H,7H2,1-2H3,(H,16,17,18). The monoisotopic (exact) mass is 284 g/mol. The van der Waals surface area contributed by atoms with E-state index in [4.69, 9.17) is 5.11 Å². The summed E-state index contributed by atoms with van der Waals surface area (Å²) >= 11 is 0. The van der Waals surface area contributed by atoms with Crippen LogP contribution in [0.15, 0.2) is 35.4 Å². The van der Waals surface area contributed by atoms with Crippen molar-refractivity contribution in [3.63, 3.8) is 0 Å². The van der Waals surface area contributed by atoms with Gasteiger partial charge in [0.15, 0.2) is 0 Å². The average molecular weight is 284 g/mol. The second-order valence-corrected chi connectivity index (χ2v) is 5.21. The van der Waals surface area contributed by atoms with Crippen LogP contribution in [0.2, 0.25) is 0 Å². The summed E-state index contributed by atoms with van der Waals surface area (Å²) in [6, 6.07) is 7.38. The van der Waals surface area contributed by atoms with E-state index in [2.05, 4.69) is 15.1 Å². The zero-order chi connectivity index (χ0) is 15.0. The Kier molecular flexibility index (Phi) is 3.31. The van der Waals surface area contributed by atoms with Gasteiger partial charge in [-0.25, -0.2) is 9.97 Å². The highest BCUT2D eigenvalue weighted by Crippen LogP contribution is 2.25. The van der Waals surface area contributed by atoms with Crippen LogP contribution in [-0.2, 0) is 6.61 Å². The summed E-state index contributed by atoms with van der Waals surface area (Å²) in [5.74, 6) is 0.392. The van der Waals surface area contributed by atoms with Gasteiger partial charge in [-0.1, -0.05) is 38.1 Å². The molecule has 2 heterocycles. The van der Waals surface area contributed by atoms with Crippen molar-refractivity contribution in [2.24, 2.45) is 0 Å². The number of aromatic nitrogens is 4. The number of nitrogens with one attached hydrogen (secondary N) is 1. The van der Waals surface area contributed by atoms with Gasteiger partial charge in [0.1, 0.15) is 6.33 Å². The summed E-state index contributed by atoms with van der Waals surface area (Å²) in [4.78, 5) is 21.1. The summed E-state index contributed by atoms with van der Waals surface area (Å²) in [6.45, 7) is 3.92. The van der Waals surface area contributed by atoms with Crippen LogP contribution in [0, 0.1) is 0 Å². The molecule has 2 N–H and O–H groups in total. The molecule has 108 valence electrons. The molecule has 6 nitrogen and oxygen atoms in total. The molecule has 21 heavy (non-hydrogen) atoms. The topological polar surface area (TPSA) is 83.3 Å². The Labute approximate surface area is 121 Å². The number of benzene rings is 1. The molecular formula is C15H16N4O2. The lowest BCUT2D eigenvalue weighted by Crippen LogP contribution is -2.22. The number of H-pyrrole nitrogens is 1. The van der Waals surface area contributed by atoms with E-state index in [0.29, 0.717) is 17.0 Å². The van der Waals surface area contributed by atoms with Gasteiger partial charge in [-0.05, 0) is 11.5 Å². The summed E-state index contributed by atoms with van der Waals surface area (Å²) in [6.07, 6.45) is 1.45. The third-order valence-corrected chi connectivity index (χ3v) is 3.45. The zero-order valence-corrected chi connectivity index (χ0v) is 11.9. The second-order valence-electron chi connectivity index (χ2n) is 5.21. The highest BCUT2D eigenvalue weighted by Gasteiger charge is 2.18. The lowest BCUT2D eigenvalue weighted by Gasteiger charge is -2.11. The number of hydrogen-bond donors (Lipinski definition) is 2. The van der Waals surface area contributed by atoms with Crippen LogP contribution >= 0.6 is 0 Å². The first kappa shape index (κ1) is 13.5. The predicted molar refractivity (Wildman–Crippen MR) is 79.1 cm³/mol. The Balaban J connectivity index is 2.28. The fraction of sp³-hybridized carbons (Fsp3) is 0.267. The molecule has 1 aromatic carbocycles. The molecule has 0 aliphatic heterocycles. The maximum atomic E-state index is 12.6. The van der Waals surface area contributed by atoms with Crippen LogP contribution in [0.5, 0.6) is 0 Å². The molecule has 0 atom stereocenters. The lowest BCUT2D eigenvalue weighted by atomic mass is 9.98. The molecule has 0 unspecified atom stereocenters. The number of aliphatic hydroxyl groups is 1. The van der Waals surface area contributed by atoms with Crippen molar-refractivity contribution in [3.8, 4) is 11.3 Å². The Morgan fingerprint density at radius 2 is 2.00 bits per heavy atom.